The number of anilines is 1. The quantitative estimate of drug-likeness (QED) is 0.875. The Labute approximate surface area is 123 Å². The second-order valence-corrected chi connectivity index (χ2v) is 7.76. The smallest absolute Gasteiger partial charge is 0.272 e. The van der Waals surface area contributed by atoms with Gasteiger partial charge in [-0.2, -0.15) is 0 Å². The van der Waals surface area contributed by atoms with E-state index in [4.69, 9.17) is 5.11 Å². The van der Waals surface area contributed by atoms with Gasteiger partial charge in [0, 0.05) is 15.5 Å². The number of aromatic nitrogens is 1. The van der Waals surface area contributed by atoms with Gasteiger partial charge in [-0.3, -0.25) is 4.72 Å². The summed E-state index contributed by atoms with van der Waals surface area (Å²) < 4.78 is 27.6. The zero-order chi connectivity index (χ0) is 14.0. The molecule has 102 valence electrons. The lowest BCUT2D eigenvalue weighted by Gasteiger charge is -2.04. The average molecular weight is 363 g/mol. The Kier molecular flexibility index (Phi) is 4.24. The second-order valence-electron chi connectivity index (χ2n) is 3.80. The normalized spacial score (nSPS) is 11.5. The molecule has 0 atom stereocenters. The van der Waals surface area contributed by atoms with Gasteiger partial charge in [0.1, 0.15) is 10.0 Å². The summed E-state index contributed by atoms with van der Waals surface area (Å²) in [7, 11) is -3.66. The number of rotatable bonds is 4. The predicted molar refractivity (Wildman–Crippen MR) is 77.7 cm³/mol. The molecule has 0 aromatic carbocycles. The number of aliphatic hydroxyl groups is 1. The molecule has 0 amide bonds. The van der Waals surface area contributed by atoms with Crippen molar-refractivity contribution in [1.82, 2.24) is 4.98 Å². The summed E-state index contributed by atoms with van der Waals surface area (Å²) in [5, 5.41) is 9.10. The van der Waals surface area contributed by atoms with Crippen LogP contribution in [0, 0.1) is 6.92 Å². The molecule has 0 aliphatic carbocycles. The number of nitrogens with one attached hydrogen (secondary N) is 1. The Hall–Kier alpha value is -0.960. The zero-order valence-corrected chi connectivity index (χ0v) is 13.1. The summed E-state index contributed by atoms with van der Waals surface area (Å²) in [6, 6.07) is 4.80. The largest absolute Gasteiger partial charge is 0.391 e. The van der Waals surface area contributed by atoms with E-state index in [1.165, 1.54) is 12.3 Å². The minimum absolute atomic E-state index is 0.164. The number of nitrogens with zero attached hydrogens (tertiary/aromatic N) is 1. The van der Waals surface area contributed by atoms with E-state index in [0.717, 1.165) is 21.4 Å². The van der Waals surface area contributed by atoms with Gasteiger partial charge in [0.15, 0.2) is 0 Å². The van der Waals surface area contributed by atoms with Gasteiger partial charge in [0.2, 0.25) is 0 Å². The Morgan fingerprint density at radius 2 is 2.21 bits per heavy atom. The molecule has 0 radical (unpaired) electrons. The first-order valence-electron chi connectivity index (χ1n) is 5.27. The van der Waals surface area contributed by atoms with E-state index in [1.54, 1.807) is 19.1 Å². The zero-order valence-electron chi connectivity index (χ0n) is 9.92. The van der Waals surface area contributed by atoms with Crippen molar-refractivity contribution in [2.75, 3.05) is 4.72 Å². The van der Waals surface area contributed by atoms with Crippen molar-refractivity contribution < 1.29 is 13.5 Å². The van der Waals surface area contributed by atoms with Crippen molar-refractivity contribution in [2.45, 2.75) is 17.7 Å². The van der Waals surface area contributed by atoms with Gasteiger partial charge in [-0.15, -0.1) is 11.3 Å². The van der Waals surface area contributed by atoms with E-state index in [-0.39, 0.29) is 16.6 Å². The third-order valence-corrected chi connectivity index (χ3v) is 5.89. The summed E-state index contributed by atoms with van der Waals surface area (Å²) in [5.41, 5.74) is 0.761. The molecule has 0 fully saturated rings. The van der Waals surface area contributed by atoms with Gasteiger partial charge in [-0.25, -0.2) is 13.4 Å². The lowest BCUT2D eigenvalue weighted by Crippen LogP contribution is -2.12. The fraction of sp³-hybridized carbons (Fsp3) is 0.182. The minimum Gasteiger partial charge on any atom is -0.391 e. The summed E-state index contributed by atoms with van der Waals surface area (Å²) in [6.07, 6.45) is 1.51. The Bertz CT molecular complexity index is 680. The molecule has 19 heavy (non-hydrogen) atoms. The topological polar surface area (TPSA) is 79.3 Å². The number of thiophene rings is 1. The van der Waals surface area contributed by atoms with Crippen molar-refractivity contribution in [2.24, 2.45) is 0 Å². The first-order chi connectivity index (χ1) is 8.92. The molecular weight excluding hydrogens is 352 g/mol. The van der Waals surface area contributed by atoms with Gasteiger partial charge in [-0.1, -0.05) is 0 Å². The van der Waals surface area contributed by atoms with Crippen LogP contribution in [0.4, 0.5) is 5.82 Å². The highest BCUT2D eigenvalue weighted by atomic mass is 79.9. The average Bonchev–Trinajstić information content (AvgIpc) is 2.74. The molecule has 2 rings (SSSR count). The highest BCUT2D eigenvalue weighted by Crippen LogP contribution is 2.27. The van der Waals surface area contributed by atoms with Gasteiger partial charge in [-0.05, 0) is 46.6 Å². The third-order valence-electron chi connectivity index (χ3n) is 2.37. The lowest BCUT2D eigenvalue weighted by atomic mass is 10.3. The molecule has 8 heteroatoms. The molecule has 0 aliphatic heterocycles. The van der Waals surface area contributed by atoms with Crippen LogP contribution in [0.15, 0.2) is 33.1 Å². The molecule has 5 nitrogen and oxygen atoms in total. The Morgan fingerprint density at radius 3 is 2.74 bits per heavy atom. The highest BCUT2D eigenvalue weighted by Gasteiger charge is 2.19. The van der Waals surface area contributed by atoms with Crippen molar-refractivity contribution in [3.8, 4) is 0 Å². The van der Waals surface area contributed by atoms with Gasteiger partial charge >= 0.3 is 0 Å². The summed E-state index contributed by atoms with van der Waals surface area (Å²) in [5.74, 6) is 0.250. The van der Waals surface area contributed by atoms with Gasteiger partial charge < -0.3 is 5.11 Å². The van der Waals surface area contributed by atoms with Crippen LogP contribution in [0.3, 0.4) is 0 Å². The molecule has 0 unspecified atom stereocenters. The van der Waals surface area contributed by atoms with Crippen molar-refractivity contribution in [1.29, 1.82) is 0 Å². The first kappa shape index (κ1) is 14.4. The number of sulfonamides is 1. The van der Waals surface area contributed by atoms with Crippen LogP contribution in [-0.4, -0.2) is 18.5 Å². The molecule has 2 N–H and O–H groups in total. The monoisotopic (exact) mass is 362 g/mol. The van der Waals surface area contributed by atoms with Crippen LogP contribution in [-0.2, 0) is 16.6 Å². The Balaban J connectivity index is 2.29. The van der Waals surface area contributed by atoms with Crippen molar-refractivity contribution >= 4 is 43.1 Å². The van der Waals surface area contributed by atoms with Crippen LogP contribution in [0.2, 0.25) is 0 Å². The third kappa shape index (κ3) is 3.33. The van der Waals surface area contributed by atoms with Crippen LogP contribution in [0.25, 0.3) is 0 Å². The molecule has 0 bridgehead atoms. The molecule has 0 saturated heterocycles. The summed E-state index contributed by atoms with van der Waals surface area (Å²) >= 11 is 4.28. The van der Waals surface area contributed by atoms with Crippen LogP contribution in [0.5, 0.6) is 0 Å². The fourth-order valence-electron chi connectivity index (χ4n) is 1.40. The molecule has 2 aromatic rings. The minimum atomic E-state index is -3.66. The van der Waals surface area contributed by atoms with E-state index in [0.29, 0.717) is 4.88 Å². The van der Waals surface area contributed by atoms with E-state index in [1.807, 2.05) is 0 Å². The maximum absolute atomic E-state index is 12.1. The van der Waals surface area contributed by atoms with Crippen molar-refractivity contribution in [3.05, 3.63) is 39.3 Å². The van der Waals surface area contributed by atoms with Crippen LogP contribution < -0.4 is 4.72 Å². The molecule has 0 saturated carbocycles. The van der Waals surface area contributed by atoms with Crippen LogP contribution >= 0.6 is 27.3 Å². The summed E-state index contributed by atoms with van der Waals surface area (Å²) in [4.78, 5) is 4.60. The van der Waals surface area contributed by atoms with Gasteiger partial charge in [0.25, 0.3) is 10.0 Å². The van der Waals surface area contributed by atoms with Crippen molar-refractivity contribution in [3.63, 3.8) is 0 Å². The predicted octanol–water partition coefficient (Wildman–Crippen LogP) is 2.51. The fourth-order valence-corrected chi connectivity index (χ4v) is 4.09. The standard InChI is InChI=1S/C11H11BrN2O3S2/c1-7-4-11(18-9(7)6-15)19(16,17)14-10-3-2-8(12)5-13-10/h2-5,15H,6H2,1H3,(H,13,14). The molecule has 2 heterocycles. The number of aliphatic hydroxyl groups excluding tert-OH is 1. The van der Waals surface area contributed by atoms with E-state index in [9.17, 15) is 8.42 Å². The number of hydrogen-bond acceptors (Lipinski definition) is 5. The SMILES string of the molecule is Cc1cc(S(=O)(=O)Nc2ccc(Br)cn2)sc1CO. The maximum atomic E-state index is 12.1. The molecular formula is C11H11BrN2O3S2. The number of aryl methyl sites for hydroxylation is 1. The number of pyridine rings is 1. The number of halogens is 1. The van der Waals surface area contributed by atoms with Gasteiger partial charge in [0.05, 0.1) is 6.61 Å². The second kappa shape index (κ2) is 5.58. The molecule has 0 aliphatic rings. The summed E-state index contributed by atoms with van der Waals surface area (Å²) in [6.45, 7) is 1.60. The van der Waals surface area contributed by atoms with E-state index < -0.39 is 10.0 Å². The first-order valence-corrected chi connectivity index (χ1v) is 8.36. The molecule has 2 aromatic heterocycles. The maximum Gasteiger partial charge on any atom is 0.272 e. The highest BCUT2D eigenvalue weighted by molar-refractivity contribution is 9.10. The lowest BCUT2D eigenvalue weighted by molar-refractivity contribution is 0.285. The molecule has 0 spiro atoms. The van der Waals surface area contributed by atoms with Crippen LogP contribution in [0.1, 0.15) is 10.4 Å². The number of hydrogen-bond donors (Lipinski definition) is 2. The van der Waals surface area contributed by atoms with E-state index >= 15 is 0 Å². The van der Waals surface area contributed by atoms with E-state index in [2.05, 4.69) is 25.6 Å². The Morgan fingerprint density at radius 1 is 1.47 bits per heavy atom.